The van der Waals surface area contributed by atoms with Crippen LogP contribution in [0.15, 0.2) is 30.3 Å². The summed E-state index contributed by atoms with van der Waals surface area (Å²) in [5.41, 5.74) is 7.62. The summed E-state index contributed by atoms with van der Waals surface area (Å²) in [4.78, 5) is 2.17. The average Bonchev–Trinajstić information content (AvgIpc) is 2.97. The summed E-state index contributed by atoms with van der Waals surface area (Å²) in [6, 6.07) is 11.1. The third-order valence-corrected chi connectivity index (χ3v) is 3.19. The minimum atomic E-state index is 0.324. The van der Waals surface area contributed by atoms with Crippen molar-refractivity contribution in [2.45, 2.75) is 18.4 Å². The van der Waals surface area contributed by atoms with Crippen molar-refractivity contribution in [1.29, 1.82) is 0 Å². The first-order valence-electron chi connectivity index (χ1n) is 5.63. The first-order chi connectivity index (χ1) is 7.18. The summed E-state index contributed by atoms with van der Waals surface area (Å²) < 4.78 is 0. The number of hydrogen-bond acceptors (Lipinski definition) is 2. The van der Waals surface area contributed by atoms with Gasteiger partial charge in [-0.05, 0) is 37.9 Å². The van der Waals surface area contributed by atoms with Crippen LogP contribution < -0.4 is 5.73 Å². The zero-order chi connectivity index (χ0) is 10.8. The standard InChI is InChI=1S/C13H20N2/c1-15(2)9-13(14)12-8-11(12)10-6-4-3-5-7-10/h3-7,11-13H,8-9,14H2,1-2H3. The van der Waals surface area contributed by atoms with E-state index in [1.807, 2.05) is 0 Å². The lowest BCUT2D eigenvalue weighted by Crippen LogP contribution is -2.35. The average molecular weight is 204 g/mol. The Morgan fingerprint density at radius 1 is 1.33 bits per heavy atom. The van der Waals surface area contributed by atoms with Gasteiger partial charge in [-0.3, -0.25) is 0 Å². The first kappa shape index (κ1) is 10.7. The summed E-state index contributed by atoms with van der Waals surface area (Å²) >= 11 is 0. The monoisotopic (exact) mass is 204 g/mol. The molecule has 2 N–H and O–H groups in total. The van der Waals surface area contributed by atoms with E-state index in [2.05, 4.69) is 49.3 Å². The van der Waals surface area contributed by atoms with Gasteiger partial charge in [0.15, 0.2) is 0 Å². The first-order valence-corrected chi connectivity index (χ1v) is 5.63. The van der Waals surface area contributed by atoms with Crippen molar-refractivity contribution in [3.05, 3.63) is 35.9 Å². The van der Waals surface area contributed by atoms with Crippen LogP contribution in [0.1, 0.15) is 17.9 Å². The molecule has 0 radical (unpaired) electrons. The highest BCUT2D eigenvalue weighted by Crippen LogP contribution is 2.48. The van der Waals surface area contributed by atoms with Gasteiger partial charge in [0.05, 0.1) is 0 Å². The lowest BCUT2D eigenvalue weighted by molar-refractivity contribution is 0.353. The number of nitrogens with zero attached hydrogens (tertiary/aromatic N) is 1. The number of likely N-dealkylation sites (N-methyl/N-ethyl adjacent to an activating group) is 1. The van der Waals surface area contributed by atoms with E-state index < -0.39 is 0 Å². The van der Waals surface area contributed by atoms with Gasteiger partial charge >= 0.3 is 0 Å². The van der Waals surface area contributed by atoms with Gasteiger partial charge in [0.1, 0.15) is 0 Å². The molecular formula is C13H20N2. The quantitative estimate of drug-likeness (QED) is 0.808. The predicted octanol–water partition coefficient (Wildman–Crippen LogP) is 1.68. The van der Waals surface area contributed by atoms with E-state index in [-0.39, 0.29) is 0 Å². The van der Waals surface area contributed by atoms with Crippen molar-refractivity contribution in [2.24, 2.45) is 11.7 Å². The Morgan fingerprint density at radius 2 is 2.00 bits per heavy atom. The Bertz CT molecular complexity index is 308. The van der Waals surface area contributed by atoms with E-state index >= 15 is 0 Å². The molecule has 0 amide bonds. The second-order valence-corrected chi connectivity index (χ2v) is 4.84. The highest BCUT2D eigenvalue weighted by molar-refractivity contribution is 5.26. The molecule has 0 saturated heterocycles. The third-order valence-electron chi connectivity index (χ3n) is 3.19. The maximum Gasteiger partial charge on any atom is 0.0202 e. The zero-order valence-electron chi connectivity index (χ0n) is 9.56. The van der Waals surface area contributed by atoms with Crippen LogP contribution in [0.3, 0.4) is 0 Å². The molecule has 1 aromatic carbocycles. The molecule has 0 aromatic heterocycles. The molecule has 2 nitrogen and oxygen atoms in total. The van der Waals surface area contributed by atoms with E-state index in [4.69, 9.17) is 5.73 Å². The van der Waals surface area contributed by atoms with Crippen molar-refractivity contribution in [3.8, 4) is 0 Å². The SMILES string of the molecule is CN(C)CC(N)C1CC1c1ccccc1. The van der Waals surface area contributed by atoms with Gasteiger partial charge in [0.2, 0.25) is 0 Å². The fraction of sp³-hybridized carbons (Fsp3) is 0.538. The maximum atomic E-state index is 6.17. The largest absolute Gasteiger partial charge is 0.326 e. The number of rotatable bonds is 4. The van der Waals surface area contributed by atoms with Crippen LogP contribution in [0.2, 0.25) is 0 Å². The molecule has 1 aliphatic carbocycles. The van der Waals surface area contributed by atoms with Crippen LogP contribution >= 0.6 is 0 Å². The maximum absolute atomic E-state index is 6.17. The fourth-order valence-electron chi connectivity index (χ4n) is 2.33. The van der Waals surface area contributed by atoms with Gasteiger partial charge < -0.3 is 10.6 Å². The van der Waals surface area contributed by atoms with Gasteiger partial charge in [0, 0.05) is 12.6 Å². The van der Waals surface area contributed by atoms with Gasteiger partial charge in [-0.25, -0.2) is 0 Å². The van der Waals surface area contributed by atoms with Crippen LogP contribution in [-0.4, -0.2) is 31.6 Å². The van der Waals surface area contributed by atoms with Gasteiger partial charge in [0.25, 0.3) is 0 Å². The van der Waals surface area contributed by atoms with Crippen LogP contribution in [0.5, 0.6) is 0 Å². The molecular weight excluding hydrogens is 184 g/mol. The Hall–Kier alpha value is -0.860. The van der Waals surface area contributed by atoms with Gasteiger partial charge in [-0.1, -0.05) is 30.3 Å². The number of hydrogen-bond donors (Lipinski definition) is 1. The van der Waals surface area contributed by atoms with E-state index in [0.717, 1.165) is 6.54 Å². The predicted molar refractivity (Wildman–Crippen MR) is 63.8 cm³/mol. The molecule has 3 unspecified atom stereocenters. The van der Waals surface area contributed by atoms with E-state index in [1.54, 1.807) is 0 Å². The lowest BCUT2D eigenvalue weighted by atomic mass is 10.1. The molecule has 1 aliphatic rings. The highest BCUT2D eigenvalue weighted by atomic mass is 15.1. The summed E-state index contributed by atoms with van der Waals surface area (Å²) in [6.45, 7) is 0.994. The summed E-state index contributed by atoms with van der Waals surface area (Å²) in [5, 5.41) is 0. The Balaban J connectivity index is 1.91. The van der Waals surface area contributed by atoms with Gasteiger partial charge in [-0.2, -0.15) is 0 Å². The van der Waals surface area contributed by atoms with Crippen LogP contribution in [0.4, 0.5) is 0 Å². The van der Waals surface area contributed by atoms with Crippen molar-refractivity contribution in [3.63, 3.8) is 0 Å². The molecule has 1 fully saturated rings. The van der Waals surface area contributed by atoms with E-state index in [1.165, 1.54) is 12.0 Å². The Kier molecular flexibility index (Phi) is 3.08. The second kappa shape index (κ2) is 4.33. The highest BCUT2D eigenvalue weighted by Gasteiger charge is 2.42. The van der Waals surface area contributed by atoms with E-state index in [9.17, 15) is 0 Å². The summed E-state index contributed by atoms with van der Waals surface area (Å²) in [6.07, 6.45) is 1.26. The molecule has 2 rings (SSSR count). The number of benzene rings is 1. The molecule has 82 valence electrons. The number of nitrogens with two attached hydrogens (primary N) is 1. The molecule has 1 aromatic rings. The molecule has 0 heterocycles. The normalized spacial score (nSPS) is 26.7. The van der Waals surface area contributed by atoms with Crippen molar-refractivity contribution in [1.82, 2.24) is 4.90 Å². The van der Waals surface area contributed by atoms with Crippen molar-refractivity contribution in [2.75, 3.05) is 20.6 Å². The summed E-state index contributed by atoms with van der Waals surface area (Å²) in [5.74, 6) is 1.40. The van der Waals surface area contributed by atoms with Crippen molar-refractivity contribution < 1.29 is 0 Å². The molecule has 2 heteroatoms. The summed E-state index contributed by atoms with van der Waals surface area (Å²) in [7, 11) is 4.17. The molecule has 3 atom stereocenters. The minimum absolute atomic E-state index is 0.324. The fourth-order valence-corrected chi connectivity index (χ4v) is 2.33. The molecule has 15 heavy (non-hydrogen) atoms. The third kappa shape index (κ3) is 2.58. The van der Waals surface area contributed by atoms with Crippen LogP contribution in [-0.2, 0) is 0 Å². The smallest absolute Gasteiger partial charge is 0.0202 e. The minimum Gasteiger partial charge on any atom is -0.326 e. The molecule has 0 bridgehead atoms. The van der Waals surface area contributed by atoms with Crippen molar-refractivity contribution >= 4 is 0 Å². The van der Waals surface area contributed by atoms with Crippen LogP contribution in [0.25, 0.3) is 0 Å². The lowest BCUT2D eigenvalue weighted by Gasteiger charge is -2.16. The Morgan fingerprint density at radius 3 is 2.60 bits per heavy atom. The molecule has 0 spiro atoms. The topological polar surface area (TPSA) is 29.3 Å². The molecule has 1 saturated carbocycles. The van der Waals surface area contributed by atoms with E-state index in [0.29, 0.717) is 17.9 Å². The Labute approximate surface area is 92.1 Å². The zero-order valence-corrected chi connectivity index (χ0v) is 9.56. The van der Waals surface area contributed by atoms with Gasteiger partial charge in [-0.15, -0.1) is 0 Å². The molecule has 0 aliphatic heterocycles. The van der Waals surface area contributed by atoms with Crippen LogP contribution in [0, 0.1) is 5.92 Å². The second-order valence-electron chi connectivity index (χ2n) is 4.84.